The minimum absolute atomic E-state index is 0.845. The Hall–Kier alpha value is 0.270. The van der Waals surface area contributed by atoms with Crippen LogP contribution >= 0.6 is 7.94 Å². The van der Waals surface area contributed by atoms with Crippen molar-refractivity contribution in [2.24, 2.45) is 0 Å². The van der Waals surface area contributed by atoms with Gasteiger partial charge in [-0.15, -0.1) is 0 Å². The van der Waals surface area contributed by atoms with Crippen LogP contribution in [0.25, 0.3) is 0 Å². The van der Waals surface area contributed by atoms with E-state index >= 15 is 0 Å². The van der Waals surface area contributed by atoms with Crippen molar-refractivity contribution in [3.63, 3.8) is 0 Å². The molecule has 0 aromatic carbocycles. The van der Waals surface area contributed by atoms with Crippen molar-refractivity contribution in [1.82, 2.24) is 14.0 Å². The Morgan fingerprint density at radius 2 is 1.27 bits per heavy atom. The molecule has 0 fully saturated rings. The Labute approximate surface area is 95.8 Å². The third kappa shape index (κ3) is 3.65. The van der Waals surface area contributed by atoms with Gasteiger partial charge in [0, 0.05) is 0 Å². The van der Waals surface area contributed by atoms with Crippen LogP contribution in [0.5, 0.6) is 0 Å². The van der Waals surface area contributed by atoms with Crippen LogP contribution in [0.4, 0.5) is 0 Å². The summed E-state index contributed by atoms with van der Waals surface area (Å²) in [6.07, 6.45) is 2.31. The van der Waals surface area contributed by atoms with E-state index in [0.29, 0.717) is 0 Å². The van der Waals surface area contributed by atoms with Gasteiger partial charge >= 0.3 is 95.1 Å². The molecule has 0 aliphatic carbocycles. The van der Waals surface area contributed by atoms with E-state index in [1.165, 1.54) is 6.42 Å². The fourth-order valence-corrected chi connectivity index (χ4v) is 5.53. The summed E-state index contributed by atoms with van der Waals surface area (Å²) in [6, 6.07) is 0. The predicted octanol–water partition coefficient (Wildman–Crippen LogP) is 1.90. The molecular weight excluding hydrogens is 209 g/mol. The van der Waals surface area contributed by atoms with Gasteiger partial charge in [-0.1, -0.05) is 0 Å². The number of hydrogen-bond acceptors (Lipinski definition) is 4. The molecule has 0 bridgehead atoms. The van der Waals surface area contributed by atoms with Crippen LogP contribution in [0.15, 0.2) is 0 Å². The van der Waals surface area contributed by atoms with Crippen molar-refractivity contribution in [2.75, 3.05) is 48.9 Å². The van der Waals surface area contributed by atoms with E-state index < -0.39 is 7.94 Å². The van der Waals surface area contributed by atoms with Crippen molar-refractivity contribution < 1.29 is 4.52 Å². The third-order valence-electron chi connectivity index (χ3n) is 2.54. The molecule has 15 heavy (non-hydrogen) atoms. The average molecular weight is 237 g/mol. The van der Waals surface area contributed by atoms with Gasteiger partial charge in [-0.2, -0.15) is 0 Å². The maximum absolute atomic E-state index is 6.17. The molecule has 0 unspecified atom stereocenters. The topological polar surface area (TPSA) is 19.0 Å². The van der Waals surface area contributed by atoms with Crippen molar-refractivity contribution in [3.8, 4) is 0 Å². The van der Waals surface area contributed by atoms with Crippen LogP contribution in [-0.4, -0.2) is 62.9 Å². The Morgan fingerprint density at radius 1 is 0.867 bits per heavy atom. The van der Waals surface area contributed by atoms with E-state index in [1.54, 1.807) is 0 Å². The molecule has 0 aliphatic rings. The molecular formula is C10H28N3OP. The van der Waals surface area contributed by atoms with E-state index in [-0.39, 0.29) is 0 Å². The molecule has 0 aromatic heterocycles. The molecule has 94 valence electrons. The quantitative estimate of drug-likeness (QED) is 0.497. The molecule has 0 radical (unpaired) electrons. The Morgan fingerprint density at radius 3 is 1.53 bits per heavy atom. The van der Waals surface area contributed by atoms with Gasteiger partial charge in [0.2, 0.25) is 0 Å². The molecule has 0 heterocycles. The normalized spacial score (nSPS) is 14.3. The molecule has 0 amide bonds. The Kier molecular flexibility index (Phi) is 6.89. The predicted molar refractivity (Wildman–Crippen MR) is 70.2 cm³/mol. The fourth-order valence-electron chi connectivity index (χ4n) is 1.94. The van der Waals surface area contributed by atoms with Crippen LogP contribution in [-0.2, 0) is 4.52 Å². The molecule has 5 heteroatoms. The van der Waals surface area contributed by atoms with E-state index in [4.69, 9.17) is 4.52 Å². The van der Waals surface area contributed by atoms with Crippen LogP contribution < -0.4 is 0 Å². The molecule has 0 atom stereocenters. The molecule has 0 saturated heterocycles. The average Bonchev–Trinajstić information content (AvgIpc) is 2.10. The van der Waals surface area contributed by atoms with Gasteiger partial charge < -0.3 is 0 Å². The van der Waals surface area contributed by atoms with Gasteiger partial charge in [-0.25, -0.2) is 0 Å². The monoisotopic (exact) mass is 237 g/mol. The molecule has 0 aromatic rings. The summed E-state index contributed by atoms with van der Waals surface area (Å²) in [5.74, 6) is 0. The summed E-state index contributed by atoms with van der Waals surface area (Å²) in [4.78, 5) is 0. The summed E-state index contributed by atoms with van der Waals surface area (Å²) in [5.41, 5.74) is 0. The summed E-state index contributed by atoms with van der Waals surface area (Å²) in [7, 11) is 10.5. The van der Waals surface area contributed by atoms with E-state index in [2.05, 4.69) is 63.2 Å². The maximum atomic E-state index is 6.17. The van der Waals surface area contributed by atoms with Crippen LogP contribution in [0.1, 0.15) is 19.8 Å². The van der Waals surface area contributed by atoms with Gasteiger partial charge in [0.05, 0.1) is 0 Å². The molecule has 0 saturated carbocycles. The van der Waals surface area contributed by atoms with Crippen molar-refractivity contribution >= 4 is 7.94 Å². The van der Waals surface area contributed by atoms with E-state index in [1.807, 2.05) is 0 Å². The number of rotatable bonds is 7. The molecule has 0 spiro atoms. The zero-order valence-electron chi connectivity index (χ0n) is 11.4. The van der Waals surface area contributed by atoms with Gasteiger partial charge in [-0.05, 0) is 0 Å². The zero-order valence-corrected chi connectivity index (χ0v) is 12.4. The number of nitrogens with zero attached hydrogens (tertiary/aromatic N) is 3. The first-order chi connectivity index (χ1) is 6.89. The summed E-state index contributed by atoms with van der Waals surface area (Å²) in [5, 5.41) is 0. The Bertz CT molecular complexity index is 152. The van der Waals surface area contributed by atoms with Gasteiger partial charge in [0.25, 0.3) is 0 Å². The van der Waals surface area contributed by atoms with Crippen molar-refractivity contribution in [1.29, 1.82) is 0 Å². The summed E-state index contributed by atoms with van der Waals surface area (Å²) in [6.45, 7) is 3.03. The Balaban J connectivity index is 4.65. The fraction of sp³-hybridized carbons (Fsp3) is 1.00. The second-order valence-electron chi connectivity index (χ2n) is 4.46. The van der Waals surface area contributed by atoms with E-state index in [0.717, 1.165) is 13.0 Å². The van der Waals surface area contributed by atoms with E-state index in [9.17, 15) is 0 Å². The minimum atomic E-state index is -2.06. The van der Waals surface area contributed by atoms with Crippen molar-refractivity contribution in [2.45, 2.75) is 19.8 Å². The molecule has 0 N–H and O–H groups in total. The third-order valence-corrected chi connectivity index (χ3v) is 6.63. The molecule has 0 rings (SSSR count). The second kappa shape index (κ2) is 6.77. The van der Waals surface area contributed by atoms with Crippen LogP contribution in [0, 0.1) is 0 Å². The van der Waals surface area contributed by atoms with Crippen LogP contribution in [0.3, 0.4) is 0 Å². The molecule has 4 nitrogen and oxygen atoms in total. The van der Waals surface area contributed by atoms with Gasteiger partial charge in [0.15, 0.2) is 0 Å². The zero-order chi connectivity index (χ0) is 12.1. The molecule has 0 aliphatic heterocycles. The van der Waals surface area contributed by atoms with Gasteiger partial charge in [-0.3, -0.25) is 0 Å². The number of hydrogen-bond donors (Lipinski definition) is 0. The van der Waals surface area contributed by atoms with Crippen molar-refractivity contribution in [3.05, 3.63) is 0 Å². The van der Waals surface area contributed by atoms with Crippen LogP contribution in [0.2, 0.25) is 0 Å². The standard InChI is InChI=1S/C10H28N3OP/c1-8-9-10-14-15(11(2)3,12(4)5)13(6)7/h15H,8-10H2,1-7H3. The summed E-state index contributed by atoms with van der Waals surface area (Å²) >= 11 is 0. The first-order valence-corrected chi connectivity index (χ1v) is 7.30. The second-order valence-corrected chi connectivity index (χ2v) is 8.58. The number of unbranched alkanes of at least 4 members (excludes halogenated alkanes) is 1. The first kappa shape index (κ1) is 15.3. The van der Waals surface area contributed by atoms with Gasteiger partial charge in [0.1, 0.15) is 0 Å². The first-order valence-electron chi connectivity index (χ1n) is 5.55. The SMILES string of the molecule is CCCCO[PH](N(C)C)(N(C)C)N(C)C. The summed E-state index contributed by atoms with van der Waals surface area (Å²) < 4.78 is 12.8.